The van der Waals surface area contributed by atoms with E-state index in [1.165, 1.54) is 0 Å². The van der Waals surface area contributed by atoms with Crippen molar-refractivity contribution in [3.05, 3.63) is 18.2 Å². The van der Waals surface area contributed by atoms with Crippen LogP contribution in [0.4, 0.5) is 4.39 Å². The lowest BCUT2D eigenvalue weighted by atomic mass is 10.5. The maximum atomic E-state index is 11.7. The highest BCUT2D eigenvalue weighted by atomic mass is 79.9. The fourth-order valence-electron chi connectivity index (χ4n) is 0.695. The van der Waals surface area contributed by atoms with Gasteiger partial charge in [-0.2, -0.15) is 0 Å². The van der Waals surface area contributed by atoms with Gasteiger partial charge in [-0.1, -0.05) is 15.9 Å². The molecule has 0 bridgehead atoms. The van der Waals surface area contributed by atoms with E-state index in [1.807, 2.05) is 6.20 Å². The van der Waals surface area contributed by atoms with Gasteiger partial charge in [-0.25, -0.2) is 9.37 Å². The molecule has 0 saturated heterocycles. The lowest BCUT2D eigenvalue weighted by Gasteiger charge is -1.92. The van der Waals surface area contributed by atoms with E-state index in [-0.39, 0.29) is 6.67 Å². The molecule has 0 aromatic carbocycles. The van der Waals surface area contributed by atoms with Gasteiger partial charge in [-0.15, -0.1) is 0 Å². The molecule has 0 amide bonds. The van der Waals surface area contributed by atoms with E-state index in [4.69, 9.17) is 0 Å². The number of hydrogen-bond acceptors (Lipinski definition) is 1. The van der Waals surface area contributed by atoms with Gasteiger partial charge in [0.1, 0.15) is 6.67 Å². The lowest BCUT2D eigenvalue weighted by molar-refractivity contribution is 0.445. The second kappa shape index (κ2) is 3.71. The summed E-state index contributed by atoms with van der Waals surface area (Å²) in [7, 11) is 0. The number of halogens is 2. The molecule has 1 rings (SSSR count). The van der Waals surface area contributed by atoms with Crippen molar-refractivity contribution < 1.29 is 4.39 Å². The van der Waals surface area contributed by atoms with E-state index in [2.05, 4.69) is 20.9 Å². The molecule has 0 aliphatic rings. The van der Waals surface area contributed by atoms with Gasteiger partial charge in [-0.3, -0.25) is 0 Å². The maximum Gasteiger partial charge on any atom is 0.107 e. The largest absolute Gasteiger partial charge is 0.335 e. The summed E-state index contributed by atoms with van der Waals surface area (Å²) in [6.07, 6.45) is 3.46. The van der Waals surface area contributed by atoms with Crippen LogP contribution in [0.2, 0.25) is 0 Å². The highest BCUT2D eigenvalue weighted by molar-refractivity contribution is 9.08. The fraction of sp³-hybridized carbons (Fsp3) is 0.500. The number of imidazole rings is 1. The van der Waals surface area contributed by atoms with Crippen molar-refractivity contribution in [1.82, 2.24) is 9.55 Å². The topological polar surface area (TPSA) is 17.8 Å². The lowest BCUT2D eigenvalue weighted by Crippen LogP contribution is -1.94. The van der Waals surface area contributed by atoms with Crippen LogP contribution in [-0.4, -0.2) is 16.2 Å². The number of rotatable bonds is 3. The SMILES string of the molecule is FCCn1cnc(CBr)c1. The molecule has 1 aromatic heterocycles. The molecule has 4 heteroatoms. The molecule has 1 aromatic rings. The van der Waals surface area contributed by atoms with Crippen molar-refractivity contribution in [2.45, 2.75) is 11.9 Å². The Hall–Kier alpha value is -0.380. The summed E-state index contributed by atoms with van der Waals surface area (Å²) in [5.74, 6) is 0. The first-order chi connectivity index (χ1) is 4.86. The maximum absolute atomic E-state index is 11.7. The molecule has 0 spiro atoms. The zero-order valence-corrected chi connectivity index (χ0v) is 7.01. The van der Waals surface area contributed by atoms with Crippen LogP contribution in [0.1, 0.15) is 5.69 Å². The predicted molar refractivity (Wildman–Crippen MR) is 40.8 cm³/mol. The van der Waals surface area contributed by atoms with Crippen LogP contribution in [0.25, 0.3) is 0 Å². The molecule has 0 saturated carbocycles. The Morgan fingerprint density at radius 1 is 1.70 bits per heavy atom. The molecule has 56 valence electrons. The van der Waals surface area contributed by atoms with Gasteiger partial charge in [0.05, 0.1) is 18.6 Å². The smallest absolute Gasteiger partial charge is 0.107 e. The molecule has 0 N–H and O–H groups in total. The molecule has 0 aliphatic heterocycles. The van der Waals surface area contributed by atoms with Gasteiger partial charge >= 0.3 is 0 Å². The third-order valence-electron chi connectivity index (χ3n) is 1.17. The number of aromatic nitrogens is 2. The number of hydrogen-bond donors (Lipinski definition) is 0. The van der Waals surface area contributed by atoms with E-state index in [9.17, 15) is 4.39 Å². The molecule has 0 radical (unpaired) electrons. The van der Waals surface area contributed by atoms with Crippen molar-refractivity contribution in [3.63, 3.8) is 0 Å². The molecule has 2 nitrogen and oxygen atoms in total. The van der Waals surface area contributed by atoms with Gasteiger partial charge in [0.15, 0.2) is 0 Å². The van der Waals surface area contributed by atoms with Crippen molar-refractivity contribution >= 4 is 15.9 Å². The summed E-state index contributed by atoms with van der Waals surface area (Å²) in [5, 5.41) is 0.728. The molecule has 0 aliphatic carbocycles. The summed E-state index contributed by atoms with van der Waals surface area (Å²) in [4.78, 5) is 4.00. The zero-order chi connectivity index (χ0) is 7.40. The van der Waals surface area contributed by atoms with Crippen molar-refractivity contribution in [2.75, 3.05) is 6.67 Å². The van der Waals surface area contributed by atoms with Crippen LogP contribution >= 0.6 is 15.9 Å². The van der Waals surface area contributed by atoms with Gasteiger partial charge in [0.25, 0.3) is 0 Å². The van der Waals surface area contributed by atoms with Crippen LogP contribution in [0.5, 0.6) is 0 Å². The minimum atomic E-state index is -0.335. The number of aryl methyl sites for hydroxylation is 1. The Kier molecular flexibility index (Phi) is 2.86. The van der Waals surface area contributed by atoms with E-state index < -0.39 is 0 Å². The third kappa shape index (κ3) is 1.80. The molecular formula is C6H8BrFN2. The molecule has 1 heterocycles. The van der Waals surface area contributed by atoms with Gasteiger partial charge in [0, 0.05) is 11.5 Å². The molecule has 10 heavy (non-hydrogen) atoms. The Labute approximate surface area is 67.2 Å². The van der Waals surface area contributed by atoms with E-state index in [0.717, 1.165) is 11.0 Å². The monoisotopic (exact) mass is 206 g/mol. The first-order valence-corrected chi connectivity index (χ1v) is 4.11. The second-order valence-corrected chi connectivity index (χ2v) is 2.49. The van der Waals surface area contributed by atoms with Crippen LogP contribution in [0, 0.1) is 0 Å². The average molecular weight is 207 g/mol. The van der Waals surface area contributed by atoms with Crippen molar-refractivity contribution in [1.29, 1.82) is 0 Å². The number of alkyl halides is 2. The normalized spacial score (nSPS) is 10.2. The minimum absolute atomic E-state index is 0.335. The Bertz CT molecular complexity index is 199. The quantitative estimate of drug-likeness (QED) is 0.690. The number of nitrogens with zero attached hydrogens (tertiary/aromatic N) is 2. The predicted octanol–water partition coefficient (Wildman–Crippen LogP) is 1.75. The summed E-state index contributed by atoms with van der Waals surface area (Å²) in [5.41, 5.74) is 0.938. The van der Waals surface area contributed by atoms with Crippen LogP contribution in [0.15, 0.2) is 12.5 Å². The van der Waals surface area contributed by atoms with Crippen molar-refractivity contribution in [3.8, 4) is 0 Å². The Morgan fingerprint density at radius 3 is 3.00 bits per heavy atom. The van der Waals surface area contributed by atoms with E-state index >= 15 is 0 Å². The average Bonchev–Trinajstić information content (AvgIpc) is 2.37. The van der Waals surface area contributed by atoms with Crippen LogP contribution in [-0.2, 0) is 11.9 Å². The first kappa shape index (κ1) is 7.72. The highest BCUT2D eigenvalue weighted by Gasteiger charge is 1.94. The second-order valence-electron chi connectivity index (χ2n) is 1.93. The van der Waals surface area contributed by atoms with Gasteiger partial charge in [0.2, 0.25) is 0 Å². The molecule has 0 fully saturated rings. The van der Waals surface area contributed by atoms with E-state index in [1.54, 1.807) is 10.9 Å². The van der Waals surface area contributed by atoms with Crippen LogP contribution < -0.4 is 0 Å². The standard InChI is InChI=1S/C6H8BrFN2/c7-3-6-4-10(2-1-8)5-9-6/h4-5H,1-3H2. The Balaban J connectivity index is 2.59. The van der Waals surface area contributed by atoms with Crippen molar-refractivity contribution in [2.24, 2.45) is 0 Å². The summed E-state index contributed by atoms with van der Waals surface area (Å²) in [6, 6.07) is 0. The first-order valence-electron chi connectivity index (χ1n) is 2.99. The van der Waals surface area contributed by atoms with E-state index in [0.29, 0.717) is 6.54 Å². The van der Waals surface area contributed by atoms with Crippen LogP contribution in [0.3, 0.4) is 0 Å². The van der Waals surface area contributed by atoms with Gasteiger partial charge < -0.3 is 4.57 Å². The minimum Gasteiger partial charge on any atom is -0.335 e. The summed E-state index contributed by atoms with van der Waals surface area (Å²) >= 11 is 3.25. The zero-order valence-electron chi connectivity index (χ0n) is 5.43. The molecule has 0 unspecified atom stereocenters. The summed E-state index contributed by atoms with van der Waals surface area (Å²) in [6.45, 7) is 0.0675. The summed E-state index contributed by atoms with van der Waals surface area (Å²) < 4.78 is 13.5. The van der Waals surface area contributed by atoms with Gasteiger partial charge in [-0.05, 0) is 0 Å². The highest BCUT2D eigenvalue weighted by Crippen LogP contribution is 2.01. The third-order valence-corrected chi connectivity index (χ3v) is 1.74. The Morgan fingerprint density at radius 2 is 2.50 bits per heavy atom. The fourth-order valence-corrected chi connectivity index (χ4v) is 0.985. The molecular weight excluding hydrogens is 199 g/mol. The molecule has 0 atom stereocenters.